The summed E-state index contributed by atoms with van der Waals surface area (Å²) in [5, 5.41) is 23.3. The number of rotatable bonds is 35. The number of hydrogen-bond acceptors (Lipinski definition) is 5. The lowest BCUT2D eigenvalue weighted by molar-refractivity contribution is -0.130. The third-order valence-electron chi connectivity index (χ3n) is 8.90. The summed E-state index contributed by atoms with van der Waals surface area (Å²) < 4.78 is 32.4. The molecule has 0 heterocycles. The van der Waals surface area contributed by atoms with Gasteiger partial charge in [-0.25, -0.2) is 0 Å². The van der Waals surface area contributed by atoms with Gasteiger partial charge in [-0.2, -0.15) is 8.42 Å². The Hall–Kier alpha value is -1.48. The van der Waals surface area contributed by atoms with Crippen molar-refractivity contribution in [1.29, 1.82) is 0 Å². The zero-order chi connectivity index (χ0) is 35.6. The number of unbranched alkanes of at least 4 members (excludes halogenated alkanes) is 22. The molecule has 1 amide bonds. The first-order valence-electron chi connectivity index (χ1n) is 19.8. The van der Waals surface area contributed by atoms with Crippen molar-refractivity contribution in [3.05, 3.63) is 36.5 Å². The second-order valence-electron chi connectivity index (χ2n) is 13.7. The highest BCUT2D eigenvalue weighted by atomic mass is 32.2. The lowest BCUT2D eigenvalue weighted by atomic mass is 10.0. The number of aliphatic hydroxyl groups excluding tert-OH is 2. The predicted octanol–water partition coefficient (Wildman–Crippen LogP) is 10.3. The van der Waals surface area contributed by atoms with Crippen LogP contribution in [0.4, 0.5) is 0 Å². The highest BCUT2D eigenvalue weighted by Gasteiger charge is 2.27. The van der Waals surface area contributed by atoms with Crippen molar-refractivity contribution in [1.82, 2.24) is 5.32 Å². The quantitative estimate of drug-likeness (QED) is 0.0297. The molecule has 0 aliphatic carbocycles. The fourth-order valence-corrected chi connectivity index (χ4v) is 6.57. The predicted molar refractivity (Wildman–Crippen MR) is 204 cm³/mol. The Morgan fingerprint density at radius 3 is 1.38 bits per heavy atom. The Kier molecular flexibility index (Phi) is 32.9. The van der Waals surface area contributed by atoms with Crippen molar-refractivity contribution >= 4 is 16.0 Å². The second kappa shape index (κ2) is 34.0. The van der Waals surface area contributed by atoms with Crippen molar-refractivity contribution in [2.24, 2.45) is 0 Å². The SMILES string of the molecule is CCCCC/C=C/CC/C=C/CC/C=C/C(O)C(CS(=O)(=O)O)NC(=O)C(O)CCCCCCCCCCCCCCCCCCCC. The minimum atomic E-state index is -4.45. The van der Waals surface area contributed by atoms with E-state index in [1.54, 1.807) is 6.08 Å². The average Bonchev–Trinajstić information content (AvgIpc) is 3.05. The first-order valence-corrected chi connectivity index (χ1v) is 21.4. The van der Waals surface area contributed by atoms with Gasteiger partial charge in [0.05, 0.1) is 17.9 Å². The molecule has 0 aromatic carbocycles. The Morgan fingerprint density at radius 2 is 0.938 bits per heavy atom. The van der Waals surface area contributed by atoms with E-state index in [1.165, 1.54) is 115 Å². The van der Waals surface area contributed by atoms with E-state index < -0.39 is 40.0 Å². The summed E-state index contributed by atoms with van der Waals surface area (Å²) >= 11 is 0. The monoisotopic (exact) mass is 698 g/mol. The number of allylic oxidation sites excluding steroid dienone is 5. The first-order chi connectivity index (χ1) is 23.2. The van der Waals surface area contributed by atoms with Crippen molar-refractivity contribution in [3.8, 4) is 0 Å². The number of hydrogen-bond donors (Lipinski definition) is 4. The van der Waals surface area contributed by atoms with Gasteiger partial charge in [0.15, 0.2) is 0 Å². The highest BCUT2D eigenvalue weighted by molar-refractivity contribution is 7.85. The lowest BCUT2D eigenvalue weighted by Gasteiger charge is -2.22. The molecule has 3 unspecified atom stereocenters. The molecule has 4 N–H and O–H groups in total. The van der Waals surface area contributed by atoms with Gasteiger partial charge in [-0.05, 0) is 44.9 Å². The van der Waals surface area contributed by atoms with Gasteiger partial charge in [-0.15, -0.1) is 0 Å². The van der Waals surface area contributed by atoms with Crippen LogP contribution in [-0.2, 0) is 14.9 Å². The van der Waals surface area contributed by atoms with E-state index in [2.05, 4.69) is 43.5 Å². The molecule has 3 atom stereocenters. The molecule has 0 fully saturated rings. The van der Waals surface area contributed by atoms with Gasteiger partial charge in [0, 0.05) is 0 Å². The number of nitrogens with one attached hydrogen (secondary N) is 1. The largest absolute Gasteiger partial charge is 0.387 e. The maximum Gasteiger partial charge on any atom is 0.267 e. The van der Waals surface area contributed by atoms with Crippen molar-refractivity contribution < 1.29 is 28.0 Å². The summed E-state index contributed by atoms with van der Waals surface area (Å²) in [7, 11) is -4.45. The number of aliphatic hydroxyl groups is 2. The topological polar surface area (TPSA) is 124 Å². The average molecular weight is 698 g/mol. The van der Waals surface area contributed by atoms with E-state index >= 15 is 0 Å². The molecule has 0 rings (SSSR count). The molecule has 0 aliphatic rings. The minimum absolute atomic E-state index is 0.274. The summed E-state index contributed by atoms with van der Waals surface area (Å²) in [6, 6.07) is -1.25. The minimum Gasteiger partial charge on any atom is -0.387 e. The summed E-state index contributed by atoms with van der Waals surface area (Å²) in [5.41, 5.74) is 0. The van der Waals surface area contributed by atoms with Gasteiger partial charge in [-0.1, -0.05) is 179 Å². The molecule has 48 heavy (non-hydrogen) atoms. The van der Waals surface area contributed by atoms with E-state index in [1.807, 2.05) is 0 Å². The van der Waals surface area contributed by atoms with Crippen molar-refractivity contribution in [2.45, 2.75) is 205 Å². The molecule has 7 nitrogen and oxygen atoms in total. The number of carbonyl (C=O) groups is 1. The molecule has 0 bridgehead atoms. The summed E-state index contributed by atoms with van der Waals surface area (Å²) in [5.74, 6) is -1.56. The molecule has 0 radical (unpaired) electrons. The van der Waals surface area contributed by atoms with E-state index in [0.29, 0.717) is 12.8 Å². The molecule has 282 valence electrons. The second-order valence-corrected chi connectivity index (χ2v) is 15.2. The zero-order valence-corrected chi connectivity index (χ0v) is 31.8. The molecule has 0 aromatic rings. The number of amides is 1. The smallest absolute Gasteiger partial charge is 0.267 e. The van der Waals surface area contributed by atoms with Gasteiger partial charge in [0.25, 0.3) is 10.1 Å². The summed E-state index contributed by atoms with van der Waals surface area (Å²) in [4.78, 5) is 12.6. The van der Waals surface area contributed by atoms with Crippen LogP contribution in [0.5, 0.6) is 0 Å². The summed E-state index contributed by atoms with van der Waals surface area (Å²) in [6.07, 6.45) is 40.6. The Morgan fingerprint density at radius 1 is 0.562 bits per heavy atom. The van der Waals surface area contributed by atoms with Crippen LogP contribution < -0.4 is 5.32 Å². The van der Waals surface area contributed by atoms with Crippen LogP contribution in [0.25, 0.3) is 0 Å². The maximum atomic E-state index is 12.6. The van der Waals surface area contributed by atoms with Crippen LogP contribution in [0.3, 0.4) is 0 Å². The first kappa shape index (κ1) is 46.5. The molecule has 0 aliphatic heterocycles. The zero-order valence-electron chi connectivity index (χ0n) is 31.0. The van der Waals surface area contributed by atoms with E-state index in [9.17, 15) is 28.0 Å². The molecule has 8 heteroatoms. The fourth-order valence-electron chi connectivity index (χ4n) is 5.84. The third kappa shape index (κ3) is 33.0. The van der Waals surface area contributed by atoms with Gasteiger partial charge < -0.3 is 15.5 Å². The third-order valence-corrected chi connectivity index (χ3v) is 9.69. The van der Waals surface area contributed by atoms with Crippen LogP contribution in [0, 0.1) is 0 Å². The van der Waals surface area contributed by atoms with Crippen LogP contribution in [0.15, 0.2) is 36.5 Å². The van der Waals surface area contributed by atoms with Gasteiger partial charge in [0.1, 0.15) is 6.10 Å². The van der Waals surface area contributed by atoms with Crippen LogP contribution in [-0.4, -0.2) is 53.1 Å². The van der Waals surface area contributed by atoms with Crippen molar-refractivity contribution in [2.75, 3.05) is 5.75 Å². The maximum absolute atomic E-state index is 12.6. The molecule has 0 saturated heterocycles. The van der Waals surface area contributed by atoms with Gasteiger partial charge in [0.2, 0.25) is 5.91 Å². The van der Waals surface area contributed by atoms with Crippen LogP contribution >= 0.6 is 0 Å². The molecular formula is C40H75NO6S. The lowest BCUT2D eigenvalue weighted by Crippen LogP contribution is -2.50. The summed E-state index contributed by atoms with van der Waals surface area (Å²) in [6.45, 7) is 4.47. The Bertz CT molecular complexity index is 917. The van der Waals surface area contributed by atoms with Gasteiger partial charge >= 0.3 is 0 Å². The molecule has 0 saturated carbocycles. The molecular weight excluding hydrogens is 623 g/mol. The normalized spacial score (nSPS) is 14.4. The highest BCUT2D eigenvalue weighted by Crippen LogP contribution is 2.15. The Balaban J connectivity index is 4.07. The van der Waals surface area contributed by atoms with Crippen molar-refractivity contribution in [3.63, 3.8) is 0 Å². The van der Waals surface area contributed by atoms with Crippen LogP contribution in [0.2, 0.25) is 0 Å². The van der Waals surface area contributed by atoms with Crippen LogP contribution in [0.1, 0.15) is 187 Å². The van der Waals surface area contributed by atoms with E-state index in [-0.39, 0.29) is 6.42 Å². The standard InChI is InChI=1S/C40H75NO6S/c1-3-5-7-9-11-13-15-17-18-19-20-21-23-25-27-29-31-33-35-39(43)40(44)41-37(36-48(45,46)47)38(42)34-32-30-28-26-24-22-16-14-12-10-8-6-4-2/h12,14,24,26,32,34,37-39,42-43H,3-11,13,15-23,25,27-31,33,35-36H2,1-2H3,(H,41,44)(H,45,46,47)/b14-12+,26-24+,34-32+. The number of carbonyl (C=O) groups excluding carboxylic acids is 1. The fraction of sp³-hybridized carbons (Fsp3) is 0.825. The van der Waals surface area contributed by atoms with E-state index in [0.717, 1.165) is 44.9 Å². The molecule has 0 aromatic heterocycles. The van der Waals surface area contributed by atoms with Gasteiger partial charge in [-0.3, -0.25) is 9.35 Å². The Labute approximate surface area is 296 Å². The molecule has 0 spiro atoms. The van der Waals surface area contributed by atoms with E-state index in [4.69, 9.17) is 0 Å².